The van der Waals surface area contributed by atoms with Gasteiger partial charge in [0, 0.05) is 25.1 Å². The standard InChI is InChI=1S/C17H19N3O2/c1-2-11-10-22-19-15(11)6-12-3-4-17(18-16(12)9-21)20-7-13-5-14(13)8-20/h3-4,9-10,13-14H,2,5-8H2,1H3. The lowest BCUT2D eigenvalue weighted by molar-refractivity contribution is 0.111. The fourth-order valence-electron chi connectivity index (χ4n) is 3.40. The Kier molecular flexibility index (Phi) is 3.21. The number of carbonyl (C=O) groups is 1. The second-order valence-electron chi connectivity index (χ2n) is 6.31. The first kappa shape index (κ1) is 13.5. The second-order valence-corrected chi connectivity index (χ2v) is 6.31. The molecule has 2 atom stereocenters. The van der Waals surface area contributed by atoms with E-state index in [1.165, 1.54) is 6.42 Å². The van der Waals surface area contributed by atoms with Crippen molar-refractivity contribution in [2.45, 2.75) is 26.2 Å². The van der Waals surface area contributed by atoms with Crippen LogP contribution in [-0.2, 0) is 12.8 Å². The summed E-state index contributed by atoms with van der Waals surface area (Å²) in [4.78, 5) is 18.3. The molecule has 2 unspecified atom stereocenters. The van der Waals surface area contributed by atoms with Crippen LogP contribution in [0.15, 0.2) is 22.9 Å². The number of anilines is 1. The Morgan fingerprint density at radius 3 is 2.86 bits per heavy atom. The monoisotopic (exact) mass is 297 g/mol. The van der Waals surface area contributed by atoms with Gasteiger partial charge in [0.05, 0.1) is 5.69 Å². The van der Waals surface area contributed by atoms with E-state index in [2.05, 4.69) is 22.0 Å². The van der Waals surface area contributed by atoms with Crippen LogP contribution >= 0.6 is 0 Å². The molecule has 1 saturated heterocycles. The van der Waals surface area contributed by atoms with E-state index in [1.54, 1.807) is 6.26 Å². The molecular formula is C17H19N3O2. The second kappa shape index (κ2) is 5.23. The van der Waals surface area contributed by atoms with E-state index in [0.29, 0.717) is 12.1 Å². The van der Waals surface area contributed by atoms with Crippen LogP contribution in [0.2, 0.25) is 0 Å². The zero-order valence-corrected chi connectivity index (χ0v) is 12.7. The quantitative estimate of drug-likeness (QED) is 0.794. The third kappa shape index (κ3) is 2.30. The molecule has 22 heavy (non-hydrogen) atoms. The highest BCUT2D eigenvalue weighted by Crippen LogP contribution is 2.45. The van der Waals surface area contributed by atoms with Crippen molar-refractivity contribution in [3.63, 3.8) is 0 Å². The first-order chi connectivity index (χ1) is 10.8. The third-order valence-electron chi connectivity index (χ3n) is 4.88. The molecular weight excluding hydrogens is 278 g/mol. The molecule has 2 aromatic rings. The van der Waals surface area contributed by atoms with Gasteiger partial charge in [0.1, 0.15) is 17.8 Å². The summed E-state index contributed by atoms with van der Waals surface area (Å²) in [6.45, 7) is 4.23. The number of hydrogen-bond donors (Lipinski definition) is 0. The minimum atomic E-state index is 0.517. The number of carbonyl (C=O) groups excluding carboxylic acids is 1. The summed E-state index contributed by atoms with van der Waals surface area (Å²) in [5.41, 5.74) is 3.40. The molecule has 0 bridgehead atoms. The highest BCUT2D eigenvalue weighted by Gasteiger charge is 2.45. The summed E-state index contributed by atoms with van der Waals surface area (Å²) in [7, 11) is 0. The van der Waals surface area contributed by atoms with E-state index < -0.39 is 0 Å². The van der Waals surface area contributed by atoms with Crippen molar-refractivity contribution in [2.24, 2.45) is 11.8 Å². The largest absolute Gasteiger partial charge is 0.364 e. The lowest BCUT2D eigenvalue weighted by atomic mass is 10.0. The number of fused-ring (bicyclic) bond motifs is 1. The molecule has 1 aliphatic carbocycles. The van der Waals surface area contributed by atoms with Crippen LogP contribution in [0.5, 0.6) is 0 Å². The topological polar surface area (TPSA) is 59.2 Å². The lowest BCUT2D eigenvalue weighted by Gasteiger charge is -2.19. The number of aldehydes is 1. The minimum Gasteiger partial charge on any atom is -0.364 e. The van der Waals surface area contributed by atoms with Gasteiger partial charge in [-0.15, -0.1) is 0 Å². The number of pyridine rings is 1. The van der Waals surface area contributed by atoms with Gasteiger partial charge in [-0.2, -0.15) is 0 Å². The molecule has 0 N–H and O–H groups in total. The number of piperidine rings is 1. The van der Waals surface area contributed by atoms with Crippen molar-refractivity contribution < 1.29 is 9.32 Å². The highest BCUT2D eigenvalue weighted by atomic mass is 16.5. The number of aromatic nitrogens is 2. The summed E-state index contributed by atoms with van der Waals surface area (Å²) < 4.78 is 5.04. The average Bonchev–Trinajstić information content (AvgIpc) is 2.97. The van der Waals surface area contributed by atoms with E-state index in [1.807, 2.05) is 12.1 Å². The summed E-state index contributed by atoms with van der Waals surface area (Å²) in [5.74, 6) is 2.63. The Morgan fingerprint density at radius 2 is 2.14 bits per heavy atom. The van der Waals surface area contributed by atoms with Gasteiger partial charge in [0.2, 0.25) is 0 Å². The molecule has 2 aliphatic rings. The van der Waals surface area contributed by atoms with E-state index in [9.17, 15) is 4.79 Å². The van der Waals surface area contributed by atoms with E-state index in [-0.39, 0.29) is 0 Å². The van der Waals surface area contributed by atoms with Crippen LogP contribution in [0.25, 0.3) is 0 Å². The molecule has 1 aliphatic heterocycles. The van der Waals surface area contributed by atoms with Gasteiger partial charge in [-0.3, -0.25) is 4.79 Å². The van der Waals surface area contributed by atoms with Gasteiger partial charge in [-0.05, 0) is 36.3 Å². The van der Waals surface area contributed by atoms with Crippen LogP contribution in [0.1, 0.15) is 40.7 Å². The van der Waals surface area contributed by atoms with Crippen LogP contribution in [-0.4, -0.2) is 29.5 Å². The predicted octanol–water partition coefficient (Wildman–Crippen LogP) is 2.49. The van der Waals surface area contributed by atoms with Crippen LogP contribution in [0.3, 0.4) is 0 Å². The van der Waals surface area contributed by atoms with Gasteiger partial charge in [0.25, 0.3) is 0 Å². The Hall–Kier alpha value is -2.17. The predicted molar refractivity (Wildman–Crippen MR) is 82.1 cm³/mol. The van der Waals surface area contributed by atoms with E-state index >= 15 is 0 Å². The molecule has 4 rings (SSSR count). The SMILES string of the molecule is CCc1conc1Cc1ccc(N2CC3CC3C2)nc1C=O. The molecule has 2 fully saturated rings. The van der Waals surface area contributed by atoms with Crippen molar-refractivity contribution in [3.8, 4) is 0 Å². The van der Waals surface area contributed by atoms with Crippen molar-refractivity contribution in [1.29, 1.82) is 0 Å². The molecule has 0 radical (unpaired) electrons. The van der Waals surface area contributed by atoms with E-state index in [4.69, 9.17) is 4.52 Å². The Morgan fingerprint density at radius 1 is 1.32 bits per heavy atom. The molecule has 0 spiro atoms. The molecule has 0 amide bonds. The van der Waals surface area contributed by atoms with Gasteiger partial charge in [0.15, 0.2) is 6.29 Å². The lowest BCUT2D eigenvalue weighted by Crippen LogP contribution is -2.23. The van der Waals surface area contributed by atoms with Gasteiger partial charge < -0.3 is 9.42 Å². The summed E-state index contributed by atoms with van der Waals surface area (Å²) in [5, 5.41) is 4.04. The molecule has 114 valence electrons. The molecule has 3 heterocycles. The number of rotatable bonds is 5. The zero-order valence-electron chi connectivity index (χ0n) is 12.7. The fourth-order valence-corrected chi connectivity index (χ4v) is 3.40. The van der Waals surface area contributed by atoms with Crippen LogP contribution < -0.4 is 4.90 Å². The number of hydrogen-bond acceptors (Lipinski definition) is 5. The van der Waals surface area contributed by atoms with E-state index in [0.717, 1.165) is 60.3 Å². The first-order valence-electron chi connectivity index (χ1n) is 7.90. The highest BCUT2D eigenvalue weighted by molar-refractivity contribution is 5.75. The van der Waals surface area contributed by atoms with Crippen LogP contribution in [0, 0.1) is 11.8 Å². The maximum absolute atomic E-state index is 11.4. The maximum Gasteiger partial charge on any atom is 0.168 e. The van der Waals surface area contributed by atoms with Gasteiger partial charge >= 0.3 is 0 Å². The Balaban J connectivity index is 1.58. The first-order valence-corrected chi connectivity index (χ1v) is 7.90. The molecule has 5 nitrogen and oxygen atoms in total. The summed E-state index contributed by atoms with van der Waals surface area (Å²) in [6.07, 6.45) is 5.35. The Bertz CT molecular complexity index is 700. The average molecular weight is 297 g/mol. The molecule has 5 heteroatoms. The fraction of sp³-hybridized carbons (Fsp3) is 0.471. The number of nitrogens with zero attached hydrogens (tertiary/aromatic N) is 3. The zero-order chi connectivity index (χ0) is 15.1. The van der Waals surface area contributed by atoms with Gasteiger partial charge in [-0.1, -0.05) is 18.1 Å². The molecule has 1 saturated carbocycles. The summed E-state index contributed by atoms with van der Waals surface area (Å²) >= 11 is 0. The third-order valence-corrected chi connectivity index (χ3v) is 4.88. The van der Waals surface area contributed by atoms with Crippen molar-refractivity contribution in [2.75, 3.05) is 18.0 Å². The minimum absolute atomic E-state index is 0.517. The van der Waals surface area contributed by atoms with Gasteiger partial charge in [-0.25, -0.2) is 4.98 Å². The molecule has 2 aromatic heterocycles. The Labute approximate surface area is 129 Å². The molecule has 0 aromatic carbocycles. The van der Waals surface area contributed by atoms with Crippen LogP contribution in [0.4, 0.5) is 5.82 Å². The number of aryl methyl sites for hydroxylation is 1. The normalized spacial score (nSPS) is 22.7. The summed E-state index contributed by atoms with van der Waals surface area (Å²) in [6, 6.07) is 4.03. The van der Waals surface area contributed by atoms with Crippen molar-refractivity contribution >= 4 is 12.1 Å². The van der Waals surface area contributed by atoms with Crippen molar-refractivity contribution in [1.82, 2.24) is 10.1 Å². The maximum atomic E-state index is 11.4. The smallest absolute Gasteiger partial charge is 0.168 e. The van der Waals surface area contributed by atoms with Crippen molar-refractivity contribution in [3.05, 3.63) is 40.9 Å².